The van der Waals surface area contributed by atoms with Crippen molar-refractivity contribution in [2.24, 2.45) is 0 Å². The summed E-state index contributed by atoms with van der Waals surface area (Å²) in [5.74, 6) is 0.780. The second-order valence-electron chi connectivity index (χ2n) is 5.95. The van der Waals surface area contributed by atoms with Gasteiger partial charge in [-0.3, -0.25) is 4.79 Å². The Hall–Kier alpha value is -2.76. The van der Waals surface area contributed by atoms with E-state index in [9.17, 15) is 4.79 Å². The molecular formula is C21H18Cl2N2O3. The molecule has 5 nitrogen and oxygen atoms in total. The van der Waals surface area contributed by atoms with Gasteiger partial charge in [-0.2, -0.15) is 0 Å². The van der Waals surface area contributed by atoms with Crippen LogP contribution in [0.5, 0.6) is 11.5 Å². The van der Waals surface area contributed by atoms with Gasteiger partial charge in [0.1, 0.15) is 12.4 Å². The topological polar surface area (TPSA) is 60.5 Å². The van der Waals surface area contributed by atoms with Crippen molar-refractivity contribution in [1.82, 2.24) is 4.98 Å². The minimum absolute atomic E-state index is 0.320. The Morgan fingerprint density at radius 2 is 1.86 bits per heavy atom. The van der Waals surface area contributed by atoms with Gasteiger partial charge in [-0.05, 0) is 42.8 Å². The molecule has 1 heterocycles. The number of carbonyl (C=O) groups is 1. The van der Waals surface area contributed by atoms with Crippen LogP contribution in [0.25, 0.3) is 0 Å². The zero-order chi connectivity index (χ0) is 19.9. The Morgan fingerprint density at radius 3 is 2.61 bits per heavy atom. The first-order chi connectivity index (χ1) is 13.5. The number of hydrogen-bond acceptors (Lipinski definition) is 4. The van der Waals surface area contributed by atoms with Gasteiger partial charge in [-0.15, -0.1) is 0 Å². The second kappa shape index (κ2) is 9.44. The molecule has 0 saturated heterocycles. The van der Waals surface area contributed by atoms with Crippen LogP contribution in [0.15, 0.2) is 66.9 Å². The molecule has 3 aromatic rings. The lowest BCUT2D eigenvalue weighted by Crippen LogP contribution is -2.30. The Balaban J connectivity index is 1.64. The van der Waals surface area contributed by atoms with E-state index < -0.39 is 6.10 Å². The molecule has 1 aromatic heterocycles. The van der Waals surface area contributed by atoms with Crippen molar-refractivity contribution in [3.63, 3.8) is 0 Å². The molecule has 1 N–H and O–H groups in total. The zero-order valence-electron chi connectivity index (χ0n) is 15.1. The third-order valence-corrected chi connectivity index (χ3v) is 4.35. The van der Waals surface area contributed by atoms with E-state index in [0.29, 0.717) is 34.0 Å². The molecule has 0 aliphatic heterocycles. The quantitative estimate of drug-likeness (QED) is 0.561. The molecule has 0 spiro atoms. The molecule has 0 radical (unpaired) electrons. The molecule has 0 bridgehead atoms. The monoisotopic (exact) mass is 416 g/mol. The summed E-state index contributed by atoms with van der Waals surface area (Å²) in [6, 6.07) is 18.0. The molecule has 144 valence electrons. The summed E-state index contributed by atoms with van der Waals surface area (Å²) in [6.45, 7) is 1.98. The van der Waals surface area contributed by atoms with Crippen LogP contribution in [0.4, 0.5) is 5.82 Å². The van der Waals surface area contributed by atoms with E-state index >= 15 is 0 Å². The van der Waals surface area contributed by atoms with Crippen LogP contribution in [-0.4, -0.2) is 17.0 Å². The normalized spacial score (nSPS) is 11.5. The number of aromatic nitrogens is 1. The maximum atomic E-state index is 12.5. The van der Waals surface area contributed by atoms with Crippen molar-refractivity contribution in [3.8, 4) is 11.5 Å². The number of carbonyl (C=O) groups excluding carboxylic acids is 1. The van der Waals surface area contributed by atoms with Crippen molar-refractivity contribution in [3.05, 3.63) is 82.5 Å². The summed E-state index contributed by atoms with van der Waals surface area (Å²) < 4.78 is 11.4. The van der Waals surface area contributed by atoms with Gasteiger partial charge in [0.2, 0.25) is 0 Å². The van der Waals surface area contributed by atoms with Crippen molar-refractivity contribution >= 4 is 34.9 Å². The van der Waals surface area contributed by atoms with Gasteiger partial charge in [0.15, 0.2) is 17.7 Å². The van der Waals surface area contributed by atoms with Crippen molar-refractivity contribution in [2.75, 3.05) is 5.32 Å². The second-order valence-corrected chi connectivity index (χ2v) is 6.79. The molecule has 28 heavy (non-hydrogen) atoms. The first kappa shape index (κ1) is 20.0. The number of nitrogens with zero attached hydrogens (tertiary/aromatic N) is 1. The number of nitrogens with one attached hydrogen (secondary N) is 1. The van der Waals surface area contributed by atoms with Crippen LogP contribution in [0.2, 0.25) is 10.0 Å². The van der Waals surface area contributed by atoms with Crippen LogP contribution < -0.4 is 14.8 Å². The summed E-state index contributed by atoms with van der Waals surface area (Å²) >= 11 is 12.0. The molecule has 1 atom stereocenters. The highest BCUT2D eigenvalue weighted by molar-refractivity contribution is 6.35. The summed E-state index contributed by atoms with van der Waals surface area (Å²) in [5.41, 5.74) is 1.01. The molecule has 1 amide bonds. The first-order valence-electron chi connectivity index (χ1n) is 8.57. The average molecular weight is 417 g/mol. The summed E-state index contributed by atoms with van der Waals surface area (Å²) in [7, 11) is 0. The van der Waals surface area contributed by atoms with E-state index in [1.807, 2.05) is 30.3 Å². The van der Waals surface area contributed by atoms with Crippen LogP contribution in [0.3, 0.4) is 0 Å². The number of amides is 1. The highest BCUT2D eigenvalue weighted by Crippen LogP contribution is 2.29. The Kier molecular flexibility index (Phi) is 6.74. The number of anilines is 1. The van der Waals surface area contributed by atoms with E-state index in [1.54, 1.807) is 43.5 Å². The van der Waals surface area contributed by atoms with Crippen LogP contribution in [0.1, 0.15) is 12.5 Å². The molecular weight excluding hydrogens is 399 g/mol. The molecule has 2 aromatic carbocycles. The molecule has 0 fully saturated rings. The summed E-state index contributed by atoms with van der Waals surface area (Å²) in [6.07, 6.45) is 0.773. The molecule has 0 aliphatic carbocycles. The van der Waals surface area contributed by atoms with E-state index in [-0.39, 0.29) is 5.91 Å². The lowest BCUT2D eigenvalue weighted by Gasteiger charge is -2.17. The first-order valence-corrected chi connectivity index (χ1v) is 9.33. The number of rotatable bonds is 7. The highest BCUT2D eigenvalue weighted by Gasteiger charge is 2.18. The Labute approximate surface area is 173 Å². The summed E-state index contributed by atoms with van der Waals surface area (Å²) in [5, 5.41) is 3.55. The number of pyridine rings is 1. The SMILES string of the molecule is CC(Oc1ccc(Cl)cc1Cl)C(=O)Nc1ncccc1OCc1ccccc1. The van der Waals surface area contributed by atoms with Gasteiger partial charge in [-0.1, -0.05) is 53.5 Å². The van der Waals surface area contributed by atoms with Crippen molar-refractivity contribution in [2.45, 2.75) is 19.6 Å². The van der Waals surface area contributed by atoms with E-state index in [2.05, 4.69) is 10.3 Å². The van der Waals surface area contributed by atoms with E-state index in [1.165, 1.54) is 0 Å². The fraction of sp³-hybridized carbons (Fsp3) is 0.143. The Morgan fingerprint density at radius 1 is 1.07 bits per heavy atom. The maximum absolute atomic E-state index is 12.5. The zero-order valence-corrected chi connectivity index (χ0v) is 16.6. The third-order valence-electron chi connectivity index (χ3n) is 3.82. The maximum Gasteiger partial charge on any atom is 0.266 e. The average Bonchev–Trinajstić information content (AvgIpc) is 2.70. The standard InChI is InChI=1S/C21H18Cl2N2O3/c1-14(28-18-10-9-16(22)12-17(18)23)21(26)25-20-19(8-5-11-24-20)27-13-15-6-3-2-4-7-15/h2-12,14H,13H2,1H3,(H,24,25,26). The van der Waals surface area contributed by atoms with E-state index in [0.717, 1.165) is 5.56 Å². The largest absolute Gasteiger partial charge is 0.485 e. The number of hydrogen-bond donors (Lipinski definition) is 1. The van der Waals surface area contributed by atoms with Crippen LogP contribution >= 0.6 is 23.2 Å². The van der Waals surface area contributed by atoms with E-state index in [4.69, 9.17) is 32.7 Å². The number of halogens is 2. The number of ether oxygens (including phenoxy) is 2. The molecule has 3 rings (SSSR count). The molecule has 0 saturated carbocycles. The smallest absolute Gasteiger partial charge is 0.266 e. The Bertz CT molecular complexity index is 951. The predicted octanol–water partition coefficient (Wildman–Crippen LogP) is 5.37. The fourth-order valence-electron chi connectivity index (χ4n) is 2.37. The lowest BCUT2D eigenvalue weighted by atomic mass is 10.2. The minimum atomic E-state index is -0.803. The van der Waals surface area contributed by atoms with Crippen LogP contribution in [0, 0.1) is 0 Å². The van der Waals surface area contributed by atoms with Gasteiger partial charge in [0.25, 0.3) is 5.91 Å². The number of benzene rings is 2. The summed E-state index contributed by atoms with van der Waals surface area (Å²) in [4.78, 5) is 16.7. The van der Waals surface area contributed by atoms with Gasteiger partial charge < -0.3 is 14.8 Å². The predicted molar refractivity (Wildman–Crippen MR) is 110 cm³/mol. The van der Waals surface area contributed by atoms with Crippen molar-refractivity contribution in [1.29, 1.82) is 0 Å². The fourth-order valence-corrected chi connectivity index (χ4v) is 2.82. The van der Waals surface area contributed by atoms with Gasteiger partial charge in [0.05, 0.1) is 5.02 Å². The molecule has 1 unspecified atom stereocenters. The molecule has 7 heteroatoms. The van der Waals surface area contributed by atoms with Gasteiger partial charge in [-0.25, -0.2) is 4.98 Å². The minimum Gasteiger partial charge on any atom is -0.485 e. The third kappa shape index (κ3) is 5.38. The molecule has 0 aliphatic rings. The van der Waals surface area contributed by atoms with Crippen LogP contribution in [-0.2, 0) is 11.4 Å². The van der Waals surface area contributed by atoms with Crippen molar-refractivity contribution < 1.29 is 14.3 Å². The lowest BCUT2D eigenvalue weighted by molar-refractivity contribution is -0.122. The van der Waals surface area contributed by atoms with Gasteiger partial charge >= 0.3 is 0 Å². The van der Waals surface area contributed by atoms with Gasteiger partial charge in [0, 0.05) is 11.2 Å². The highest BCUT2D eigenvalue weighted by atomic mass is 35.5.